The van der Waals surface area contributed by atoms with E-state index in [0.717, 1.165) is 23.8 Å². The van der Waals surface area contributed by atoms with Crippen LogP contribution < -0.4 is 5.56 Å². The first kappa shape index (κ1) is 21.9. The second-order valence-corrected chi connectivity index (χ2v) is 9.04. The third-order valence-electron chi connectivity index (χ3n) is 5.41. The number of ether oxygens (including phenoxy) is 1. The van der Waals surface area contributed by atoms with Crippen molar-refractivity contribution in [3.63, 3.8) is 0 Å². The van der Waals surface area contributed by atoms with E-state index in [1.165, 1.54) is 9.47 Å². The molecule has 3 aromatic rings. The van der Waals surface area contributed by atoms with Crippen molar-refractivity contribution < 1.29 is 18.3 Å². The number of rotatable bonds is 2. The van der Waals surface area contributed by atoms with Gasteiger partial charge in [-0.25, -0.2) is 18.6 Å². The molecule has 1 aliphatic heterocycles. The predicted molar refractivity (Wildman–Crippen MR) is 117 cm³/mol. The molecule has 1 aliphatic rings. The summed E-state index contributed by atoms with van der Waals surface area (Å²) in [7, 11) is 0. The molecule has 0 N–H and O–H groups in total. The first-order valence-corrected chi connectivity index (χ1v) is 10.5. The van der Waals surface area contributed by atoms with E-state index in [1.807, 2.05) is 13.0 Å². The molecule has 1 unspecified atom stereocenters. The van der Waals surface area contributed by atoms with Crippen molar-refractivity contribution in [1.82, 2.24) is 14.5 Å². The van der Waals surface area contributed by atoms with Crippen molar-refractivity contribution in [3.05, 3.63) is 69.8 Å². The molecule has 32 heavy (non-hydrogen) atoms. The molecule has 0 aliphatic carbocycles. The Bertz CT molecular complexity index is 1240. The summed E-state index contributed by atoms with van der Waals surface area (Å²) in [4.78, 5) is 32.7. The number of benzene rings is 2. The summed E-state index contributed by atoms with van der Waals surface area (Å²) >= 11 is 0. The molecule has 1 amide bonds. The van der Waals surface area contributed by atoms with Gasteiger partial charge >= 0.3 is 6.09 Å². The van der Waals surface area contributed by atoms with Gasteiger partial charge in [0.2, 0.25) is 0 Å². The maximum atomic E-state index is 14.1. The molecule has 1 fully saturated rings. The number of halogens is 2. The van der Waals surface area contributed by atoms with Crippen LogP contribution in [-0.4, -0.2) is 32.7 Å². The summed E-state index contributed by atoms with van der Waals surface area (Å²) in [6, 6.07) is 7.55. The second-order valence-electron chi connectivity index (χ2n) is 9.04. The van der Waals surface area contributed by atoms with Crippen LogP contribution in [-0.2, 0) is 4.74 Å². The van der Waals surface area contributed by atoms with E-state index >= 15 is 0 Å². The minimum Gasteiger partial charge on any atom is -0.444 e. The van der Waals surface area contributed by atoms with E-state index in [9.17, 15) is 18.4 Å². The third kappa shape index (κ3) is 4.09. The number of amides is 1. The molecule has 8 heteroatoms. The smallest absolute Gasteiger partial charge is 0.410 e. The SMILES string of the molecule is Cc1cccc2c(=O)n(-c3cc(F)cc(F)c3)c(C3CCCN3C(=O)OC(C)(C)C)nc12. The van der Waals surface area contributed by atoms with Gasteiger partial charge in [0.15, 0.2) is 0 Å². The number of aromatic nitrogens is 2. The van der Waals surface area contributed by atoms with Gasteiger partial charge in [0.25, 0.3) is 5.56 Å². The van der Waals surface area contributed by atoms with Gasteiger partial charge in [-0.3, -0.25) is 14.3 Å². The molecule has 1 atom stereocenters. The van der Waals surface area contributed by atoms with Crippen LogP contribution in [0.1, 0.15) is 51.0 Å². The zero-order chi connectivity index (χ0) is 23.2. The number of para-hydroxylation sites is 1. The molecule has 2 aromatic carbocycles. The molecule has 168 valence electrons. The summed E-state index contributed by atoms with van der Waals surface area (Å²) < 4.78 is 34.9. The van der Waals surface area contributed by atoms with Crippen LogP contribution >= 0.6 is 0 Å². The zero-order valence-corrected chi connectivity index (χ0v) is 18.5. The number of carbonyl (C=O) groups excluding carboxylic acids is 1. The lowest BCUT2D eigenvalue weighted by Crippen LogP contribution is -2.38. The molecule has 2 heterocycles. The van der Waals surface area contributed by atoms with Crippen LogP contribution in [0.4, 0.5) is 13.6 Å². The third-order valence-corrected chi connectivity index (χ3v) is 5.41. The molecular weight excluding hydrogens is 416 g/mol. The van der Waals surface area contributed by atoms with Crippen molar-refractivity contribution in [2.75, 3.05) is 6.54 Å². The van der Waals surface area contributed by atoms with E-state index in [2.05, 4.69) is 0 Å². The van der Waals surface area contributed by atoms with Crippen LogP contribution in [0.5, 0.6) is 0 Å². The molecule has 0 spiro atoms. The van der Waals surface area contributed by atoms with Gasteiger partial charge in [0, 0.05) is 12.6 Å². The fourth-order valence-corrected chi connectivity index (χ4v) is 4.08. The largest absolute Gasteiger partial charge is 0.444 e. The van der Waals surface area contributed by atoms with Crippen molar-refractivity contribution >= 4 is 17.0 Å². The molecule has 6 nitrogen and oxygen atoms in total. The Hall–Kier alpha value is -3.29. The minimum atomic E-state index is -0.808. The van der Waals surface area contributed by atoms with Crippen LogP contribution in [0.3, 0.4) is 0 Å². The highest BCUT2D eigenvalue weighted by atomic mass is 19.1. The number of nitrogens with zero attached hydrogens (tertiary/aromatic N) is 3. The highest BCUT2D eigenvalue weighted by Crippen LogP contribution is 2.34. The van der Waals surface area contributed by atoms with Gasteiger partial charge in [-0.1, -0.05) is 12.1 Å². The maximum absolute atomic E-state index is 14.1. The molecule has 1 aromatic heterocycles. The number of carbonyl (C=O) groups is 1. The van der Waals surface area contributed by atoms with Gasteiger partial charge in [0.05, 0.1) is 22.6 Å². The standard InChI is InChI=1S/C24H25F2N3O3/c1-14-7-5-8-18-20(14)27-21(19-9-6-10-28(19)23(31)32-24(2,3)4)29(22(18)30)17-12-15(25)11-16(26)13-17/h5,7-8,11-13,19H,6,9-10H2,1-4H3. The highest BCUT2D eigenvalue weighted by molar-refractivity contribution is 5.81. The van der Waals surface area contributed by atoms with E-state index in [1.54, 1.807) is 32.9 Å². The lowest BCUT2D eigenvalue weighted by molar-refractivity contribution is 0.0216. The van der Waals surface area contributed by atoms with Gasteiger partial charge in [0.1, 0.15) is 23.1 Å². The van der Waals surface area contributed by atoms with Crippen molar-refractivity contribution in [2.45, 2.75) is 52.2 Å². The second kappa shape index (κ2) is 8.00. The first-order chi connectivity index (χ1) is 15.0. The van der Waals surface area contributed by atoms with Gasteiger partial charge in [-0.15, -0.1) is 0 Å². The van der Waals surface area contributed by atoms with Gasteiger partial charge in [-0.05, 0) is 64.3 Å². The molecular formula is C24H25F2N3O3. The fraction of sp³-hybridized carbons (Fsp3) is 0.375. The van der Waals surface area contributed by atoms with E-state index < -0.39 is 34.9 Å². The lowest BCUT2D eigenvalue weighted by Gasteiger charge is -2.29. The molecule has 1 saturated heterocycles. The summed E-state index contributed by atoms with van der Waals surface area (Å²) in [5, 5.41) is 0.334. The van der Waals surface area contributed by atoms with E-state index in [-0.39, 0.29) is 11.5 Å². The Labute approximate surface area is 184 Å². The van der Waals surface area contributed by atoms with Crippen molar-refractivity contribution in [2.24, 2.45) is 0 Å². The Kier molecular flexibility index (Phi) is 5.48. The first-order valence-electron chi connectivity index (χ1n) is 10.5. The van der Waals surface area contributed by atoms with Crippen LogP contribution in [0, 0.1) is 18.6 Å². The normalized spacial score (nSPS) is 16.6. The Morgan fingerprint density at radius 3 is 2.50 bits per heavy atom. The number of fused-ring (bicyclic) bond motifs is 1. The van der Waals surface area contributed by atoms with Crippen molar-refractivity contribution in [1.29, 1.82) is 0 Å². The van der Waals surface area contributed by atoms with Crippen molar-refractivity contribution in [3.8, 4) is 5.69 Å². The zero-order valence-electron chi connectivity index (χ0n) is 18.5. The summed E-state index contributed by atoms with van der Waals surface area (Å²) in [6.45, 7) is 7.60. The average molecular weight is 441 g/mol. The summed E-state index contributed by atoms with van der Waals surface area (Å²) in [5.41, 5.74) is 0.171. The Balaban J connectivity index is 1.96. The monoisotopic (exact) mass is 441 g/mol. The lowest BCUT2D eigenvalue weighted by atomic mass is 10.1. The maximum Gasteiger partial charge on any atom is 0.410 e. The summed E-state index contributed by atoms with van der Waals surface area (Å²) in [5.74, 6) is -1.36. The highest BCUT2D eigenvalue weighted by Gasteiger charge is 2.36. The quantitative estimate of drug-likeness (QED) is 0.559. The molecule has 4 rings (SSSR count). The minimum absolute atomic E-state index is 0.0226. The van der Waals surface area contributed by atoms with Gasteiger partial charge in [-0.2, -0.15) is 0 Å². The number of hydrogen-bond donors (Lipinski definition) is 0. The number of hydrogen-bond acceptors (Lipinski definition) is 4. The van der Waals surface area contributed by atoms with E-state index in [4.69, 9.17) is 9.72 Å². The molecule has 0 radical (unpaired) electrons. The predicted octanol–water partition coefficient (Wildman–Crippen LogP) is 5.04. The van der Waals surface area contributed by atoms with Crippen LogP contribution in [0.15, 0.2) is 41.2 Å². The van der Waals surface area contributed by atoms with Crippen LogP contribution in [0.25, 0.3) is 16.6 Å². The summed E-state index contributed by atoms with van der Waals surface area (Å²) in [6.07, 6.45) is 0.709. The Morgan fingerprint density at radius 1 is 1.16 bits per heavy atom. The Morgan fingerprint density at radius 2 is 1.84 bits per heavy atom. The molecule has 0 bridgehead atoms. The molecule has 0 saturated carbocycles. The van der Waals surface area contributed by atoms with E-state index in [0.29, 0.717) is 30.3 Å². The van der Waals surface area contributed by atoms with Crippen LogP contribution in [0.2, 0.25) is 0 Å². The van der Waals surface area contributed by atoms with Gasteiger partial charge < -0.3 is 4.74 Å². The topological polar surface area (TPSA) is 64.4 Å². The fourth-order valence-electron chi connectivity index (χ4n) is 4.08. The average Bonchev–Trinajstić information content (AvgIpc) is 3.16. The number of likely N-dealkylation sites (tertiary alicyclic amines) is 1. The number of aryl methyl sites for hydroxylation is 1.